The van der Waals surface area contributed by atoms with Crippen LogP contribution in [-0.4, -0.2) is 37.2 Å². The molecular formula is C20H22F2N2O5. The number of hydrogen-bond donors (Lipinski definition) is 0. The van der Waals surface area contributed by atoms with Crippen molar-refractivity contribution < 1.29 is 27.9 Å². The molecule has 1 unspecified atom stereocenters. The molecule has 0 saturated carbocycles. The SMILES string of the molecule is COc1cccc(C2CCCN2Cc2cc(OC)c(OC(F)F)cc2[N+](=O)[O-])c1. The van der Waals surface area contributed by atoms with Crippen LogP contribution in [-0.2, 0) is 6.54 Å². The van der Waals surface area contributed by atoms with Crippen LogP contribution in [0.1, 0.15) is 30.0 Å². The molecule has 3 rings (SSSR count). The largest absolute Gasteiger partial charge is 0.497 e. The maximum atomic E-state index is 12.6. The quantitative estimate of drug-likeness (QED) is 0.471. The second kappa shape index (κ2) is 9.04. The Morgan fingerprint density at radius 1 is 1.21 bits per heavy atom. The number of halogens is 2. The lowest BCUT2D eigenvalue weighted by Gasteiger charge is -2.25. The summed E-state index contributed by atoms with van der Waals surface area (Å²) in [5, 5.41) is 11.6. The van der Waals surface area contributed by atoms with Gasteiger partial charge in [0.2, 0.25) is 0 Å². The molecule has 0 aromatic heterocycles. The van der Waals surface area contributed by atoms with Crippen LogP contribution in [0.5, 0.6) is 17.2 Å². The van der Waals surface area contributed by atoms with Gasteiger partial charge in [0.15, 0.2) is 11.5 Å². The molecule has 0 N–H and O–H groups in total. The fraction of sp³-hybridized carbons (Fsp3) is 0.400. The number of nitro groups is 1. The average molecular weight is 408 g/mol. The highest BCUT2D eigenvalue weighted by Crippen LogP contribution is 2.39. The highest BCUT2D eigenvalue weighted by atomic mass is 19.3. The van der Waals surface area contributed by atoms with E-state index in [1.807, 2.05) is 24.3 Å². The van der Waals surface area contributed by atoms with Gasteiger partial charge in [-0.05, 0) is 43.1 Å². The van der Waals surface area contributed by atoms with Crippen molar-refractivity contribution in [2.75, 3.05) is 20.8 Å². The van der Waals surface area contributed by atoms with Crippen molar-refractivity contribution in [1.82, 2.24) is 4.90 Å². The van der Waals surface area contributed by atoms with Gasteiger partial charge < -0.3 is 14.2 Å². The fourth-order valence-electron chi connectivity index (χ4n) is 3.70. The highest BCUT2D eigenvalue weighted by molar-refractivity contribution is 5.54. The Morgan fingerprint density at radius 2 is 2.00 bits per heavy atom. The zero-order chi connectivity index (χ0) is 21.0. The topological polar surface area (TPSA) is 74.1 Å². The van der Waals surface area contributed by atoms with Gasteiger partial charge in [0.25, 0.3) is 5.69 Å². The van der Waals surface area contributed by atoms with E-state index in [0.717, 1.165) is 36.8 Å². The number of rotatable bonds is 8. The summed E-state index contributed by atoms with van der Waals surface area (Å²) in [4.78, 5) is 13.1. The minimum absolute atomic E-state index is 0.0306. The van der Waals surface area contributed by atoms with Crippen molar-refractivity contribution in [2.24, 2.45) is 0 Å². The molecule has 7 nitrogen and oxygen atoms in total. The Hall–Kier alpha value is -2.94. The predicted molar refractivity (Wildman–Crippen MR) is 102 cm³/mol. The number of methoxy groups -OCH3 is 2. The van der Waals surface area contributed by atoms with Gasteiger partial charge in [0, 0.05) is 18.2 Å². The summed E-state index contributed by atoms with van der Waals surface area (Å²) >= 11 is 0. The predicted octanol–water partition coefficient (Wildman–Crippen LogP) is 4.55. The van der Waals surface area contributed by atoms with E-state index < -0.39 is 11.5 Å². The molecule has 1 heterocycles. The van der Waals surface area contributed by atoms with Crippen molar-refractivity contribution in [2.45, 2.75) is 32.0 Å². The van der Waals surface area contributed by atoms with Crippen molar-refractivity contribution in [3.05, 3.63) is 57.6 Å². The summed E-state index contributed by atoms with van der Waals surface area (Å²) in [5.41, 5.74) is 1.16. The van der Waals surface area contributed by atoms with Gasteiger partial charge in [-0.2, -0.15) is 8.78 Å². The second-order valence-electron chi connectivity index (χ2n) is 6.67. The van der Waals surface area contributed by atoms with E-state index in [4.69, 9.17) is 9.47 Å². The van der Waals surface area contributed by atoms with Gasteiger partial charge in [-0.1, -0.05) is 12.1 Å². The van der Waals surface area contributed by atoms with E-state index >= 15 is 0 Å². The summed E-state index contributed by atoms with van der Waals surface area (Å²) in [6, 6.07) is 10.2. The number of benzene rings is 2. The summed E-state index contributed by atoms with van der Waals surface area (Å²) in [6.07, 6.45) is 1.85. The van der Waals surface area contributed by atoms with Crippen molar-refractivity contribution in [3.8, 4) is 17.2 Å². The van der Waals surface area contributed by atoms with E-state index in [9.17, 15) is 18.9 Å². The molecule has 0 radical (unpaired) electrons. The molecule has 9 heteroatoms. The van der Waals surface area contributed by atoms with Crippen LogP contribution >= 0.6 is 0 Å². The maximum absolute atomic E-state index is 12.6. The lowest BCUT2D eigenvalue weighted by molar-refractivity contribution is -0.385. The summed E-state index contributed by atoms with van der Waals surface area (Å²) in [6.45, 7) is -2.06. The molecule has 0 aliphatic carbocycles. The van der Waals surface area contributed by atoms with E-state index in [1.165, 1.54) is 13.2 Å². The van der Waals surface area contributed by atoms with Crippen molar-refractivity contribution in [3.63, 3.8) is 0 Å². The monoisotopic (exact) mass is 408 g/mol. The molecule has 29 heavy (non-hydrogen) atoms. The Labute approximate surface area is 166 Å². The first-order valence-corrected chi connectivity index (χ1v) is 9.11. The first-order valence-electron chi connectivity index (χ1n) is 9.11. The van der Waals surface area contributed by atoms with Gasteiger partial charge in [-0.25, -0.2) is 0 Å². The summed E-state index contributed by atoms with van der Waals surface area (Å²) in [5.74, 6) is 0.419. The zero-order valence-electron chi connectivity index (χ0n) is 16.1. The van der Waals surface area contributed by atoms with Gasteiger partial charge >= 0.3 is 6.61 Å². The molecule has 1 atom stereocenters. The van der Waals surface area contributed by atoms with Gasteiger partial charge in [0.1, 0.15) is 5.75 Å². The number of likely N-dealkylation sites (tertiary alicyclic amines) is 1. The molecule has 156 valence electrons. The number of hydrogen-bond acceptors (Lipinski definition) is 6. The Kier molecular flexibility index (Phi) is 6.48. The Bertz CT molecular complexity index is 878. The standard InChI is InChI=1S/C20H22F2N2O5/c1-27-15-6-3-5-13(9-15)16-7-4-8-23(16)12-14-10-18(28-2)19(29-20(21)22)11-17(14)24(25)26/h3,5-6,9-11,16,20H,4,7-8,12H2,1-2H3. The minimum Gasteiger partial charge on any atom is -0.497 e. The van der Waals surface area contributed by atoms with Gasteiger partial charge in [0.05, 0.1) is 25.2 Å². The molecule has 0 bridgehead atoms. The minimum atomic E-state index is -3.11. The van der Waals surface area contributed by atoms with E-state index in [0.29, 0.717) is 5.56 Å². The number of nitro benzene ring substituents is 1. The summed E-state index contributed by atoms with van der Waals surface area (Å²) < 4.78 is 40.0. The number of ether oxygens (including phenoxy) is 3. The van der Waals surface area contributed by atoms with Crippen LogP contribution in [0.25, 0.3) is 0 Å². The van der Waals surface area contributed by atoms with Crippen LogP contribution in [0.4, 0.5) is 14.5 Å². The third-order valence-corrected chi connectivity index (χ3v) is 4.99. The van der Waals surface area contributed by atoms with Gasteiger partial charge in [-0.3, -0.25) is 15.0 Å². The van der Waals surface area contributed by atoms with E-state index in [-0.39, 0.29) is 29.8 Å². The molecule has 2 aromatic carbocycles. The second-order valence-corrected chi connectivity index (χ2v) is 6.67. The molecule has 2 aromatic rings. The molecule has 1 saturated heterocycles. The number of nitrogens with zero attached hydrogens (tertiary/aromatic N) is 2. The maximum Gasteiger partial charge on any atom is 0.387 e. The average Bonchev–Trinajstić information content (AvgIpc) is 3.16. The van der Waals surface area contributed by atoms with Crippen LogP contribution < -0.4 is 14.2 Å². The Balaban J connectivity index is 1.92. The lowest BCUT2D eigenvalue weighted by atomic mass is 10.0. The van der Waals surface area contributed by atoms with Gasteiger partial charge in [-0.15, -0.1) is 0 Å². The fourth-order valence-corrected chi connectivity index (χ4v) is 3.70. The lowest BCUT2D eigenvalue weighted by Crippen LogP contribution is -2.23. The molecular weight excluding hydrogens is 386 g/mol. The third kappa shape index (κ3) is 4.73. The van der Waals surface area contributed by atoms with Crippen LogP contribution in [0.15, 0.2) is 36.4 Å². The Morgan fingerprint density at radius 3 is 2.66 bits per heavy atom. The molecule has 0 amide bonds. The molecule has 0 spiro atoms. The number of alkyl halides is 2. The van der Waals surface area contributed by atoms with Crippen LogP contribution in [0.2, 0.25) is 0 Å². The molecule has 1 fully saturated rings. The van der Waals surface area contributed by atoms with E-state index in [1.54, 1.807) is 7.11 Å². The molecule has 1 aliphatic heterocycles. The highest BCUT2D eigenvalue weighted by Gasteiger charge is 2.30. The zero-order valence-corrected chi connectivity index (χ0v) is 16.1. The first kappa shape index (κ1) is 20.8. The normalized spacial score (nSPS) is 16.8. The first-order chi connectivity index (χ1) is 13.9. The van der Waals surface area contributed by atoms with Crippen LogP contribution in [0.3, 0.4) is 0 Å². The third-order valence-electron chi connectivity index (χ3n) is 4.99. The smallest absolute Gasteiger partial charge is 0.387 e. The van der Waals surface area contributed by atoms with Crippen molar-refractivity contribution in [1.29, 1.82) is 0 Å². The summed E-state index contributed by atoms with van der Waals surface area (Å²) in [7, 11) is 2.91. The van der Waals surface area contributed by atoms with Crippen LogP contribution in [0, 0.1) is 10.1 Å². The van der Waals surface area contributed by atoms with Crippen molar-refractivity contribution >= 4 is 5.69 Å². The van der Waals surface area contributed by atoms with E-state index in [2.05, 4.69) is 9.64 Å². The molecule has 1 aliphatic rings.